The van der Waals surface area contributed by atoms with E-state index in [0.29, 0.717) is 29.5 Å². The van der Waals surface area contributed by atoms with Crippen molar-refractivity contribution in [3.8, 4) is 0 Å². The number of allylic oxidation sites excluding steroid dienone is 2. The van der Waals surface area contributed by atoms with Crippen LogP contribution >= 0.6 is 0 Å². The van der Waals surface area contributed by atoms with Crippen LogP contribution in [0.15, 0.2) is 23.8 Å². The lowest BCUT2D eigenvalue weighted by Crippen LogP contribution is -2.49. The zero-order valence-electron chi connectivity index (χ0n) is 13.7. The summed E-state index contributed by atoms with van der Waals surface area (Å²) < 4.78 is 0. The summed E-state index contributed by atoms with van der Waals surface area (Å²) in [6.45, 7) is 6.73. The van der Waals surface area contributed by atoms with E-state index in [-0.39, 0.29) is 11.5 Å². The van der Waals surface area contributed by atoms with Crippen molar-refractivity contribution in [1.82, 2.24) is 0 Å². The summed E-state index contributed by atoms with van der Waals surface area (Å²) in [5.74, 6) is 2.82. The largest absolute Gasteiger partial charge is 0.393 e. The van der Waals surface area contributed by atoms with Crippen LogP contribution in [0, 0.1) is 29.1 Å². The molecule has 0 unspecified atom stereocenters. The van der Waals surface area contributed by atoms with Crippen LogP contribution in [0.5, 0.6) is 0 Å². The minimum atomic E-state index is -0.134. The molecule has 0 amide bonds. The molecule has 2 heteroatoms. The highest BCUT2D eigenvalue weighted by Crippen LogP contribution is 2.64. The SMILES string of the molecule is C=C1C[C@]2(CC)[C@@H](O)CC[C@H]2[C@@H]2CCC3=CC(=O)CC[C@@H]3[C@@H]12. The Balaban J connectivity index is 1.70. The van der Waals surface area contributed by atoms with Gasteiger partial charge in [0.1, 0.15) is 0 Å². The molecule has 0 aromatic rings. The molecule has 0 heterocycles. The molecule has 4 rings (SSSR count). The number of hydrogen-bond donors (Lipinski definition) is 1. The van der Waals surface area contributed by atoms with Gasteiger partial charge in [0.15, 0.2) is 5.78 Å². The Bertz CT molecular complexity index is 546. The number of fused-ring (bicyclic) bond motifs is 5. The van der Waals surface area contributed by atoms with E-state index in [0.717, 1.165) is 38.5 Å². The molecule has 0 spiro atoms. The van der Waals surface area contributed by atoms with E-state index in [1.165, 1.54) is 24.0 Å². The van der Waals surface area contributed by atoms with Gasteiger partial charge < -0.3 is 5.11 Å². The second-order valence-corrected chi connectivity index (χ2v) is 8.18. The molecule has 4 aliphatic rings. The van der Waals surface area contributed by atoms with E-state index in [4.69, 9.17) is 0 Å². The Morgan fingerprint density at radius 1 is 1.27 bits per heavy atom. The Labute approximate surface area is 133 Å². The van der Waals surface area contributed by atoms with Crippen LogP contribution in [-0.2, 0) is 4.79 Å². The Morgan fingerprint density at radius 3 is 2.86 bits per heavy atom. The topological polar surface area (TPSA) is 37.3 Å². The first-order chi connectivity index (χ1) is 10.6. The molecule has 2 nitrogen and oxygen atoms in total. The average molecular weight is 300 g/mol. The second kappa shape index (κ2) is 5.06. The Hall–Kier alpha value is -0.890. The molecule has 0 radical (unpaired) electrons. The first-order valence-corrected chi connectivity index (χ1v) is 9.16. The first-order valence-electron chi connectivity index (χ1n) is 9.16. The van der Waals surface area contributed by atoms with Crippen molar-refractivity contribution >= 4 is 5.78 Å². The fraction of sp³-hybridized carbons (Fsp3) is 0.750. The third-order valence-corrected chi connectivity index (χ3v) is 7.54. The fourth-order valence-corrected chi connectivity index (χ4v) is 6.60. The summed E-state index contributed by atoms with van der Waals surface area (Å²) in [7, 11) is 0. The molecule has 120 valence electrons. The van der Waals surface area contributed by atoms with Gasteiger partial charge in [0.25, 0.3) is 0 Å². The van der Waals surface area contributed by atoms with E-state index in [1.807, 2.05) is 6.08 Å². The zero-order valence-corrected chi connectivity index (χ0v) is 13.7. The van der Waals surface area contributed by atoms with Gasteiger partial charge in [-0.2, -0.15) is 0 Å². The number of carbonyl (C=O) groups is 1. The van der Waals surface area contributed by atoms with Crippen LogP contribution < -0.4 is 0 Å². The summed E-state index contributed by atoms with van der Waals surface area (Å²) in [6.07, 6.45) is 10.1. The fourth-order valence-electron chi connectivity index (χ4n) is 6.60. The van der Waals surface area contributed by atoms with Crippen LogP contribution in [0.25, 0.3) is 0 Å². The summed E-state index contributed by atoms with van der Waals surface area (Å²) >= 11 is 0. The number of aliphatic hydroxyl groups excluding tert-OH is 1. The predicted molar refractivity (Wildman–Crippen MR) is 87.2 cm³/mol. The lowest BCUT2D eigenvalue weighted by atomic mass is 9.50. The maximum Gasteiger partial charge on any atom is 0.155 e. The highest BCUT2D eigenvalue weighted by molar-refractivity contribution is 5.91. The van der Waals surface area contributed by atoms with Crippen LogP contribution in [-0.4, -0.2) is 17.0 Å². The summed E-state index contributed by atoms with van der Waals surface area (Å²) in [6, 6.07) is 0. The smallest absolute Gasteiger partial charge is 0.155 e. The van der Waals surface area contributed by atoms with Gasteiger partial charge >= 0.3 is 0 Å². The predicted octanol–water partition coefficient (Wildman–Crippen LogP) is 4.05. The van der Waals surface area contributed by atoms with Gasteiger partial charge in [-0.3, -0.25) is 4.79 Å². The molecule has 0 aromatic carbocycles. The number of rotatable bonds is 1. The number of carbonyl (C=O) groups excluding carboxylic acids is 1. The van der Waals surface area contributed by atoms with Crippen LogP contribution in [0.3, 0.4) is 0 Å². The van der Waals surface area contributed by atoms with E-state index < -0.39 is 0 Å². The zero-order chi connectivity index (χ0) is 15.5. The van der Waals surface area contributed by atoms with Gasteiger partial charge in [-0.05, 0) is 74.7 Å². The van der Waals surface area contributed by atoms with E-state index >= 15 is 0 Å². The van der Waals surface area contributed by atoms with Crippen LogP contribution in [0.4, 0.5) is 0 Å². The van der Waals surface area contributed by atoms with Crippen molar-refractivity contribution in [2.24, 2.45) is 29.1 Å². The maximum absolute atomic E-state index is 11.8. The van der Waals surface area contributed by atoms with E-state index in [9.17, 15) is 9.90 Å². The highest BCUT2D eigenvalue weighted by Gasteiger charge is 2.58. The molecule has 0 aromatic heterocycles. The quantitative estimate of drug-likeness (QED) is 0.742. The molecule has 0 aliphatic heterocycles. The third kappa shape index (κ3) is 1.86. The minimum Gasteiger partial charge on any atom is -0.393 e. The lowest BCUT2D eigenvalue weighted by Gasteiger charge is -2.55. The number of aliphatic hydroxyl groups is 1. The number of ketones is 1. The normalized spacial score (nSPS) is 47.5. The van der Waals surface area contributed by atoms with Crippen molar-refractivity contribution in [3.05, 3.63) is 23.8 Å². The molecular formula is C20H28O2. The van der Waals surface area contributed by atoms with Crippen LogP contribution in [0.1, 0.15) is 58.3 Å². The van der Waals surface area contributed by atoms with Crippen molar-refractivity contribution in [1.29, 1.82) is 0 Å². The molecule has 0 saturated heterocycles. The summed E-state index contributed by atoms with van der Waals surface area (Å²) in [5, 5.41) is 10.7. The lowest BCUT2D eigenvalue weighted by molar-refractivity contribution is -0.115. The molecule has 4 aliphatic carbocycles. The standard InChI is InChI=1S/C20H28O2/c1-3-20-11-12(2)19-15-7-5-14(21)10-13(15)4-6-16(19)17(20)8-9-18(20)22/h10,15-19,22H,2-9,11H2,1H3/t15-,16-,17-,18-,19+,20-/m0/s1. The molecule has 1 N–H and O–H groups in total. The molecule has 3 fully saturated rings. The van der Waals surface area contributed by atoms with Crippen molar-refractivity contribution < 1.29 is 9.90 Å². The first kappa shape index (κ1) is 14.7. The van der Waals surface area contributed by atoms with Gasteiger partial charge in [0.05, 0.1) is 6.10 Å². The minimum absolute atomic E-state index is 0.101. The molecular weight excluding hydrogens is 272 g/mol. The summed E-state index contributed by atoms with van der Waals surface area (Å²) in [5.41, 5.74) is 2.87. The Kier molecular flexibility index (Phi) is 3.38. The van der Waals surface area contributed by atoms with Gasteiger partial charge in [0.2, 0.25) is 0 Å². The van der Waals surface area contributed by atoms with Crippen molar-refractivity contribution in [3.63, 3.8) is 0 Å². The Morgan fingerprint density at radius 2 is 2.09 bits per heavy atom. The van der Waals surface area contributed by atoms with Gasteiger partial charge in [0, 0.05) is 11.8 Å². The van der Waals surface area contributed by atoms with Crippen molar-refractivity contribution in [2.45, 2.75) is 64.4 Å². The summed E-state index contributed by atoms with van der Waals surface area (Å²) in [4.78, 5) is 11.8. The highest BCUT2D eigenvalue weighted by atomic mass is 16.3. The molecule has 3 saturated carbocycles. The monoisotopic (exact) mass is 300 g/mol. The van der Waals surface area contributed by atoms with Gasteiger partial charge in [-0.1, -0.05) is 24.6 Å². The van der Waals surface area contributed by atoms with Gasteiger partial charge in [-0.25, -0.2) is 0 Å². The average Bonchev–Trinajstić information content (AvgIpc) is 2.84. The van der Waals surface area contributed by atoms with Gasteiger partial charge in [-0.15, -0.1) is 0 Å². The maximum atomic E-state index is 11.8. The molecule has 6 atom stereocenters. The van der Waals surface area contributed by atoms with Crippen LogP contribution in [0.2, 0.25) is 0 Å². The van der Waals surface area contributed by atoms with E-state index in [2.05, 4.69) is 13.5 Å². The van der Waals surface area contributed by atoms with E-state index in [1.54, 1.807) is 0 Å². The number of hydrogen-bond acceptors (Lipinski definition) is 2. The molecule has 0 bridgehead atoms. The van der Waals surface area contributed by atoms with Crippen molar-refractivity contribution in [2.75, 3.05) is 0 Å². The second-order valence-electron chi connectivity index (χ2n) is 8.18. The molecule has 22 heavy (non-hydrogen) atoms. The third-order valence-electron chi connectivity index (χ3n) is 7.54.